The maximum Gasteiger partial charge on any atom is 0.231 e. The highest BCUT2D eigenvalue weighted by Crippen LogP contribution is 2.35. The molecule has 2 aromatic rings. The van der Waals surface area contributed by atoms with Crippen molar-refractivity contribution in [2.45, 2.75) is 26.0 Å². The second kappa shape index (κ2) is 5.42. The van der Waals surface area contributed by atoms with E-state index in [1.807, 2.05) is 31.2 Å². The van der Waals surface area contributed by atoms with Crippen molar-refractivity contribution in [3.05, 3.63) is 47.4 Å². The van der Waals surface area contributed by atoms with Gasteiger partial charge in [-0.05, 0) is 32.0 Å². The number of aryl methyl sites for hydroxylation is 1. The molecule has 0 saturated heterocycles. The molecule has 0 saturated carbocycles. The summed E-state index contributed by atoms with van der Waals surface area (Å²) in [6, 6.07) is 9.44. The minimum absolute atomic E-state index is 0.260. The lowest BCUT2D eigenvalue weighted by Gasteiger charge is -2.21. The number of hydrogen-bond donors (Lipinski definition) is 2. The van der Waals surface area contributed by atoms with Crippen molar-refractivity contribution in [2.24, 2.45) is 0 Å². The van der Waals surface area contributed by atoms with Crippen molar-refractivity contribution < 1.29 is 19.0 Å². The molecule has 0 bridgehead atoms. The van der Waals surface area contributed by atoms with Gasteiger partial charge in [0.2, 0.25) is 6.79 Å². The van der Waals surface area contributed by atoms with Crippen LogP contribution in [0.3, 0.4) is 0 Å². The Labute approximate surface area is 123 Å². The van der Waals surface area contributed by atoms with Crippen LogP contribution >= 0.6 is 0 Å². The Morgan fingerprint density at radius 3 is 2.86 bits per heavy atom. The van der Waals surface area contributed by atoms with Crippen molar-refractivity contribution in [1.29, 1.82) is 0 Å². The van der Waals surface area contributed by atoms with E-state index in [9.17, 15) is 5.11 Å². The van der Waals surface area contributed by atoms with Crippen LogP contribution in [0.15, 0.2) is 34.7 Å². The predicted molar refractivity (Wildman–Crippen MR) is 77.3 cm³/mol. The molecular formula is C16H19NO4. The van der Waals surface area contributed by atoms with Gasteiger partial charge in [-0.25, -0.2) is 0 Å². The van der Waals surface area contributed by atoms with Crippen LogP contribution in [0, 0.1) is 6.92 Å². The van der Waals surface area contributed by atoms with Crippen LogP contribution in [-0.4, -0.2) is 18.4 Å². The van der Waals surface area contributed by atoms with Crippen LogP contribution in [0.5, 0.6) is 11.5 Å². The summed E-state index contributed by atoms with van der Waals surface area (Å²) in [5, 5.41) is 13.7. The number of hydrogen-bond acceptors (Lipinski definition) is 5. The number of rotatable bonds is 5. The van der Waals surface area contributed by atoms with E-state index in [0.29, 0.717) is 18.8 Å². The Balaban J connectivity index is 1.63. The first kappa shape index (κ1) is 14.0. The van der Waals surface area contributed by atoms with Gasteiger partial charge in [0.25, 0.3) is 0 Å². The lowest BCUT2D eigenvalue weighted by atomic mass is 10.0. The first-order chi connectivity index (χ1) is 10.1. The average molecular weight is 289 g/mol. The van der Waals surface area contributed by atoms with E-state index in [-0.39, 0.29) is 6.79 Å². The molecule has 3 rings (SSSR count). The molecule has 0 aliphatic carbocycles. The molecule has 0 amide bonds. The van der Waals surface area contributed by atoms with Gasteiger partial charge in [-0.2, -0.15) is 0 Å². The van der Waals surface area contributed by atoms with Crippen LogP contribution in [0.4, 0.5) is 0 Å². The number of para-hydroxylation sites is 1. The van der Waals surface area contributed by atoms with Crippen molar-refractivity contribution in [1.82, 2.24) is 5.32 Å². The van der Waals surface area contributed by atoms with Crippen LogP contribution in [-0.2, 0) is 12.1 Å². The van der Waals surface area contributed by atoms with Crippen molar-refractivity contribution >= 4 is 0 Å². The zero-order valence-corrected chi connectivity index (χ0v) is 12.2. The van der Waals surface area contributed by atoms with Gasteiger partial charge in [0, 0.05) is 18.7 Å². The molecule has 1 aliphatic rings. The van der Waals surface area contributed by atoms with E-state index >= 15 is 0 Å². The van der Waals surface area contributed by atoms with Crippen LogP contribution < -0.4 is 14.8 Å². The Morgan fingerprint density at radius 2 is 2.10 bits per heavy atom. The predicted octanol–water partition coefficient (Wildman–Crippen LogP) is 2.31. The summed E-state index contributed by atoms with van der Waals surface area (Å²) in [5.74, 6) is 2.89. The summed E-state index contributed by atoms with van der Waals surface area (Å²) in [6.45, 7) is 4.81. The third-order valence-electron chi connectivity index (χ3n) is 3.53. The first-order valence-electron chi connectivity index (χ1n) is 6.94. The smallest absolute Gasteiger partial charge is 0.231 e. The van der Waals surface area contributed by atoms with Gasteiger partial charge < -0.3 is 24.3 Å². The summed E-state index contributed by atoms with van der Waals surface area (Å²) >= 11 is 0. The molecule has 21 heavy (non-hydrogen) atoms. The monoisotopic (exact) mass is 289 g/mol. The van der Waals surface area contributed by atoms with Gasteiger partial charge in [-0.1, -0.05) is 12.1 Å². The minimum atomic E-state index is -1.05. The molecule has 0 spiro atoms. The van der Waals surface area contributed by atoms with Gasteiger partial charge in [-0.15, -0.1) is 0 Å². The highest BCUT2D eigenvalue weighted by Gasteiger charge is 2.26. The molecule has 1 atom stereocenters. The van der Waals surface area contributed by atoms with Gasteiger partial charge >= 0.3 is 0 Å². The van der Waals surface area contributed by atoms with Crippen LogP contribution in [0.25, 0.3) is 0 Å². The fourth-order valence-electron chi connectivity index (χ4n) is 2.38. The van der Waals surface area contributed by atoms with Crippen molar-refractivity contribution in [3.8, 4) is 11.5 Å². The average Bonchev–Trinajstić information content (AvgIpc) is 3.07. The number of fused-ring (bicyclic) bond motifs is 1. The zero-order valence-electron chi connectivity index (χ0n) is 12.2. The lowest BCUT2D eigenvalue weighted by Crippen LogP contribution is -2.34. The fourth-order valence-corrected chi connectivity index (χ4v) is 2.38. The summed E-state index contributed by atoms with van der Waals surface area (Å²) in [6.07, 6.45) is 0. The van der Waals surface area contributed by atoms with Crippen molar-refractivity contribution in [3.63, 3.8) is 0 Å². The van der Waals surface area contributed by atoms with Crippen LogP contribution in [0.1, 0.15) is 24.0 Å². The summed E-state index contributed by atoms with van der Waals surface area (Å²) in [4.78, 5) is 0. The molecule has 1 aromatic heterocycles. The maximum absolute atomic E-state index is 10.5. The third kappa shape index (κ3) is 2.89. The van der Waals surface area contributed by atoms with E-state index < -0.39 is 5.60 Å². The van der Waals surface area contributed by atoms with Gasteiger partial charge in [-0.3, -0.25) is 0 Å². The molecule has 2 heterocycles. The number of nitrogens with one attached hydrogen (secondary N) is 1. The zero-order chi connectivity index (χ0) is 14.9. The number of aliphatic hydroxyl groups is 1. The molecule has 5 nitrogen and oxygen atoms in total. The molecule has 0 radical (unpaired) electrons. The van der Waals surface area contributed by atoms with Gasteiger partial charge in [0.05, 0.1) is 0 Å². The Bertz CT molecular complexity index is 633. The highest BCUT2D eigenvalue weighted by atomic mass is 16.7. The van der Waals surface area contributed by atoms with E-state index in [1.165, 1.54) is 0 Å². The Morgan fingerprint density at radius 1 is 1.24 bits per heavy atom. The number of benzene rings is 1. The van der Waals surface area contributed by atoms with Crippen LogP contribution in [0.2, 0.25) is 0 Å². The second-order valence-electron chi connectivity index (χ2n) is 5.44. The molecular weight excluding hydrogens is 270 g/mol. The molecule has 5 heteroatoms. The fraction of sp³-hybridized carbons (Fsp3) is 0.375. The van der Waals surface area contributed by atoms with Gasteiger partial charge in [0.1, 0.15) is 17.1 Å². The third-order valence-corrected chi connectivity index (χ3v) is 3.53. The summed E-state index contributed by atoms with van der Waals surface area (Å²) in [5.41, 5.74) is -0.0414. The number of furan rings is 1. The van der Waals surface area contributed by atoms with E-state index in [0.717, 1.165) is 22.8 Å². The minimum Gasteiger partial charge on any atom is -0.463 e. The Kier molecular flexibility index (Phi) is 3.61. The lowest BCUT2D eigenvalue weighted by molar-refractivity contribution is 0.0332. The van der Waals surface area contributed by atoms with E-state index in [1.54, 1.807) is 13.0 Å². The summed E-state index contributed by atoms with van der Waals surface area (Å²) in [7, 11) is 0. The topological polar surface area (TPSA) is 63.9 Å². The summed E-state index contributed by atoms with van der Waals surface area (Å²) < 4.78 is 16.3. The maximum atomic E-state index is 10.5. The van der Waals surface area contributed by atoms with Gasteiger partial charge in [0.15, 0.2) is 11.5 Å². The number of ether oxygens (including phenoxy) is 2. The van der Waals surface area contributed by atoms with Crippen molar-refractivity contribution in [2.75, 3.05) is 13.3 Å². The molecule has 1 aliphatic heterocycles. The SMILES string of the molecule is Cc1ccc(C(C)(O)CNCc2cccc3c2OCO3)o1. The van der Waals surface area contributed by atoms with E-state index in [4.69, 9.17) is 13.9 Å². The Hall–Kier alpha value is -1.98. The standard InChI is InChI=1S/C16H19NO4/c1-11-6-7-14(21-11)16(2,18)9-17-8-12-4-3-5-13-15(12)20-10-19-13/h3-7,17-18H,8-10H2,1-2H3. The molecule has 2 N–H and O–H groups in total. The molecule has 0 fully saturated rings. The first-order valence-corrected chi connectivity index (χ1v) is 6.94. The molecule has 1 unspecified atom stereocenters. The molecule has 112 valence electrons. The highest BCUT2D eigenvalue weighted by molar-refractivity contribution is 5.48. The molecule has 1 aromatic carbocycles. The normalized spacial score (nSPS) is 16.0. The second-order valence-corrected chi connectivity index (χ2v) is 5.44. The largest absolute Gasteiger partial charge is 0.463 e. The quantitative estimate of drug-likeness (QED) is 0.884. The van der Waals surface area contributed by atoms with E-state index in [2.05, 4.69) is 5.32 Å².